The SMILES string of the molecule is COc1cc2c(c(OC)c1)[C@@H](c1ccccc1Br)CC(=O)N2. The molecule has 3 rings (SSSR count). The summed E-state index contributed by atoms with van der Waals surface area (Å²) >= 11 is 3.58. The average molecular weight is 362 g/mol. The van der Waals surface area contributed by atoms with E-state index in [0.717, 1.165) is 27.0 Å². The van der Waals surface area contributed by atoms with E-state index in [1.165, 1.54) is 0 Å². The minimum absolute atomic E-state index is 0.0106. The molecule has 5 heteroatoms. The van der Waals surface area contributed by atoms with Crippen LogP contribution in [-0.4, -0.2) is 20.1 Å². The predicted octanol–water partition coefficient (Wildman–Crippen LogP) is 3.94. The van der Waals surface area contributed by atoms with Crippen LogP contribution in [0.15, 0.2) is 40.9 Å². The van der Waals surface area contributed by atoms with E-state index in [2.05, 4.69) is 21.2 Å². The Morgan fingerprint density at radius 1 is 1.18 bits per heavy atom. The van der Waals surface area contributed by atoms with Gasteiger partial charge >= 0.3 is 0 Å². The molecule has 1 amide bonds. The van der Waals surface area contributed by atoms with Gasteiger partial charge in [-0.3, -0.25) is 4.79 Å². The monoisotopic (exact) mass is 361 g/mol. The summed E-state index contributed by atoms with van der Waals surface area (Å²) in [5, 5.41) is 2.91. The zero-order valence-corrected chi connectivity index (χ0v) is 13.9. The van der Waals surface area contributed by atoms with Crippen LogP contribution in [0.2, 0.25) is 0 Å². The first-order chi connectivity index (χ1) is 10.6. The molecule has 0 saturated carbocycles. The number of hydrogen-bond donors (Lipinski definition) is 1. The lowest BCUT2D eigenvalue weighted by Gasteiger charge is -2.28. The number of carbonyl (C=O) groups excluding carboxylic acids is 1. The number of nitrogens with one attached hydrogen (secondary N) is 1. The van der Waals surface area contributed by atoms with Gasteiger partial charge in [0.25, 0.3) is 0 Å². The quantitative estimate of drug-likeness (QED) is 0.900. The van der Waals surface area contributed by atoms with E-state index in [9.17, 15) is 4.79 Å². The Hall–Kier alpha value is -2.01. The number of rotatable bonds is 3. The number of halogens is 1. The first-order valence-corrected chi connectivity index (χ1v) is 7.73. The highest BCUT2D eigenvalue weighted by molar-refractivity contribution is 9.10. The Balaban J connectivity index is 2.20. The molecule has 0 bridgehead atoms. The number of benzene rings is 2. The van der Waals surface area contributed by atoms with Crippen molar-refractivity contribution in [2.24, 2.45) is 0 Å². The molecule has 0 aliphatic carbocycles. The molecular weight excluding hydrogens is 346 g/mol. The molecule has 114 valence electrons. The van der Waals surface area contributed by atoms with E-state index in [0.29, 0.717) is 12.2 Å². The topological polar surface area (TPSA) is 47.6 Å². The number of fused-ring (bicyclic) bond motifs is 1. The number of carbonyl (C=O) groups is 1. The van der Waals surface area contributed by atoms with Crippen LogP contribution in [-0.2, 0) is 4.79 Å². The number of methoxy groups -OCH3 is 2. The highest BCUT2D eigenvalue weighted by Gasteiger charge is 2.31. The fraction of sp³-hybridized carbons (Fsp3) is 0.235. The van der Waals surface area contributed by atoms with Gasteiger partial charge in [-0.1, -0.05) is 34.1 Å². The molecule has 1 heterocycles. The van der Waals surface area contributed by atoms with Gasteiger partial charge in [0.15, 0.2) is 0 Å². The van der Waals surface area contributed by atoms with E-state index in [4.69, 9.17) is 9.47 Å². The molecule has 0 unspecified atom stereocenters. The van der Waals surface area contributed by atoms with Gasteiger partial charge in [-0.05, 0) is 11.6 Å². The second-order valence-corrected chi connectivity index (χ2v) is 5.97. The van der Waals surface area contributed by atoms with E-state index in [1.54, 1.807) is 14.2 Å². The van der Waals surface area contributed by atoms with Gasteiger partial charge < -0.3 is 14.8 Å². The third-order valence-electron chi connectivity index (χ3n) is 3.86. The third-order valence-corrected chi connectivity index (χ3v) is 4.59. The Labute approximate surface area is 137 Å². The van der Waals surface area contributed by atoms with Crippen molar-refractivity contribution in [3.63, 3.8) is 0 Å². The van der Waals surface area contributed by atoms with E-state index < -0.39 is 0 Å². The maximum absolute atomic E-state index is 12.1. The Bertz CT molecular complexity index is 730. The number of anilines is 1. The summed E-state index contributed by atoms with van der Waals surface area (Å²) in [4.78, 5) is 12.1. The molecule has 1 aliphatic rings. The third kappa shape index (κ3) is 2.57. The fourth-order valence-corrected chi connectivity index (χ4v) is 3.42. The molecular formula is C17H16BrNO3. The molecule has 0 radical (unpaired) electrons. The Kier molecular flexibility index (Phi) is 4.07. The van der Waals surface area contributed by atoms with Crippen molar-refractivity contribution in [2.75, 3.05) is 19.5 Å². The lowest BCUT2D eigenvalue weighted by molar-refractivity contribution is -0.116. The summed E-state index contributed by atoms with van der Waals surface area (Å²) in [5.74, 6) is 1.31. The fourth-order valence-electron chi connectivity index (χ4n) is 2.86. The van der Waals surface area contributed by atoms with Crippen LogP contribution in [0.4, 0.5) is 5.69 Å². The van der Waals surface area contributed by atoms with Crippen molar-refractivity contribution < 1.29 is 14.3 Å². The lowest BCUT2D eigenvalue weighted by Crippen LogP contribution is -2.24. The maximum atomic E-state index is 12.1. The number of hydrogen-bond acceptors (Lipinski definition) is 3. The van der Waals surface area contributed by atoms with Crippen LogP contribution in [0.3, 0.4) is 0 Å². The van der Waals surface area contributed by atoms with Crippen molar-refractivity contribution in [1.29, 1.82) is 0 Å². The molecule has 0 fully saturated rings. The average Bonchev–Trinajstić information content (AvgIpc) is 2.53. The second-order valence-electron chi connectivity index (χ2n) is 5.12. The summed E-state index contributed by atoms with van der Waals surface area (Å²) < 4.78 is 11.8. The predicted molar refractivity (Wildman–Crippen MR) is 88.8 cm³/mol. The largest absolute Gasteiger partial charge is 0.497 e. The number of amides is 1. The van der Waals surface area contributed by atoms with Crippen molar-refractivity contribution in [1.82, 2.24) is 0 Å². The standard InChI is InChI=1S/C17H16BrNO3/c1-21-10-7-14-17(15(8-10)22-2)12(9-16(20)19-14)11-5-3-4-6-13(11)18/h3-8,12H,9H2,1-2H3,(H,19,20)/t12-/m1/s1. The van der Waals surface area contributed by atoms with Gasteiger partial charge in [0.05, 0.1) is 19.9 Å². The van der Waals surface area contributed by atoms with Crippen LogP contribution in [0, 0.1) is 0 Å². The minimum atomic E-state index is -0.0554. The second kappa shape index (κ2) is 6.01. The Morgan fingerprint density at radius 2 is 1.95 bits per heavy atom. The van der Waals surface area contributed by atoms with Gasteiger partial charge in [-0.2, -0.15) is 0 Å². The molecule has 1 aliphatic heterocycles. The van der Waals surface area contributed by atoms with Crippen molar-refractivity contribution in [2.45, 2.75) is 12.3 Å². The summed E-state index contributed by atoms with van der Waals surface area (Å²) in [5.41, 5.74) is 2.80. The first kappa shape index (κ1) is 14.9. The van der Waals surface area contributed by atoms with Gasteiger partial charge in [-0.15, -0.1) is 0 Å². The van der Waals surface area contributed by atoms with E-state index in [1.807, 2.05) is 36.4 Å². The van der Waals surface area contributed by atoms with Crippen LogP contribution >= 0.6 is 15.9 Å². The number of ether oxygens (including phenoxy) is 2. The van der Waals surface area contributed by atoms with E-state index >= 15 is 0 Å². The minimum Gasteiger partial charge on any atom is -0.497 e. The zero-order valence-electron chi connectivity index (χ0n) is 12.4. The van der Waals surface area contributed by atoms with Crippen LogP contribution in [0.1, 0.15) is 23.5 Å². The normalized spacial score (nSPS) is 16.7. The lowest BCUT2D eigenvalue weighted by atomic mass is 9.84. The van der Waals surface area contributed by atoms with Gasteiger partial charge in [-0.25, -0.2) is 0 Å². The van der Waals surface area contributed by atoms with E-state index in [-0.39, 0.29) is 11.8 Å². The summed E-state index contributed by atoms with van der Waals surface area (Å²) in [6.07, 6.45) is 0.387. The molecule has 4 nitrogen and oxygen atoms in total. The Morgan fingerprint density at radius 3 is 2.64 bits per heavy atom. The highest BCUT2D eigenvalue weighted by Crippen LogP contribution is 2.46. The highest BCUT2D eigenvalue weighted by atomic mass is 79.9. The molecule has 0 spiro atoms. The molecule has 0 saturated heterocycles. The smallest absolute Gasteiger partial charge is 0.225 e. The molecule has 1 N–H and O–H groups in total. The molecule has 2 aromatic rings. The summed E-state index contributed by atoms with van der Waals surface area (Å²) in [6, 6.07) is 11.6. The van der Waals surface area contributed by atoms with Crippen molar-refractivity contribution in [3.8, 4) is 11.5 Å². The molecule has 1 atom stereocenters. The van der Waals surface area contributed by atoms with Crippen molar-refractivity contribution in [3.05, 3.63) is 52.0 Å². The van der Waals surface area contributed by atoms with Crippen LogP contribution < -0.4 is 14.8 Å². The first-order valence-electron chi connectivity index (χ1n) is 6.94. The van der Waals surface area contributed by atoms with Gasteiger partial charge in [0, 0.05) is 34.5 Å². The molecule has 22 heavy (non-hydrogen) atoms. The summed E-state index contributed by atoms with van der Waals surface area (Å²) in [7, 11) is 3.22. The van der Waals surface area contributed by atoms with Crippen LogP contribution in [0.5, 0.6) is 11.5 Å². The van der Waals surface area contributed by atoms with Gasteiger partial charge in [0.1, 0.15) is 11.5 Å². The van der Waals surface area contributed by atoms with Crippen molar-refractivity contribution >= 4 is 27.5 Å². The molecule has 0 aromatic heterocycles. The van der Waals surface area contributed by atoms with Crippen LogP contribution in [0.25, 0.3) is 0 Å². The molecule has 2 aromatic carbocycles. The summed E-state index contributed by atoms with van der Waals surface area (Å²) in [6.45, 7) is 0. The zero-order chi connectivity index (χ0) is 15.7. The van der Waals surface area contributed by atoms with Gasteiger partial charge in [0.2, 0.25) is 5.91 Å². The maximum Gasteiger partial charge on any atom is 0.225 e.